The minimum Gasteiger partial charge on any atom is -0.335 e. The Morgan fingerprint density at radius 2 is 2.21 bits per heavy atom. The number of amides is 1. The average molecular weight is 298 g/mol. The first-order chi connectivity index (χ1) is 9.10. The molecule has 0 atom stereocenters. The summed E-state index contributed by atoms with van der Waals surface area (Å²) in [6.07, 6.45) is 0. The van der Waals surface area contributed by atoms with Crippen LogP contribution in [0.1, 0.15) is 15.4 Å². The number of carbonyl (C=O) groups is 1. The fourth-order valence-electron chi connectivity index (χ4n) is 1.46. The van der Waals surface area contributed by atoms with Crippen molar-refractivity contribution in [3.63, 3.8) is 0 Å². The maximum atomic E-state index is 12.1. The highest BCUT2D eigenvalue weighted by atomic mass is 35.5. The summed E-state index contributed by atoms with van der Waals surface area (Å²) in [5, 5.41) is 7.57. The van der Waals surface area contributed by atoms with Crippen molar-refractivity contribution in [1.82, 2.24) is 15.1 Å². The highest BCUT2D eigenvalue weighted by Gasteiger charge is 2.14. The zero-order valence-electron chi connectivity index (χ0n) is 10.1. The van der Waals surface area contributed by atoms with Crippen LogP contribution < -0.4 is 11.3 Å². The number of nitrogen functional groups attached to an aromatic ring is 1. The summed E-state index contributed by atoms with van der Waals surface area (Å²) in [5.74, 6) is 5.38. The minimum atomic E-state index is -0.208. The Kier molecular flexibility index (Phi) is 4.31. The van der Waals surface area contributed by atoms with Crippen LogP contribution in [-0.4, -0.2) is 28.1 Å². The van der Waals surface area contributed by atoms with Gasteiger partial charge in [-0.2, -0.15) is 0 Å². The first kappa shape index (κ1) is 13.7. The second-order valence-electron chi connectivity index (χ2n) is 3.82. The molecule has 6 nitrogen and oxygen atoms in total. The van der Waals surface area contributed by atoms with Crippen molar-refractivity contribution in [2.45, 2.75) is 6.54 Å². The number of hydrazine groups is 1. The molecular weight excluding hydrogens is 286 g/mol. The van der Waals surface area contributed by atoms with E-state index in [-0.39, 0.29) is 11.6 Å². The molecule has 0 fully saturated rings. The van der Waals surface area contributed by atoms with Crippen molar-refractivity contribution in [2.75, 3.05) is 12.5 Å². The molecule has 8 heteroatoms. The average Bonchev–Trinajstić information content (AvgIpc) is 2.83. The van der Waals surface area contributed by atoms with Gasteiger partial charge in [0, 0.05) is 11.9 Å². The van der Waals surface area contributed by atoms with Crippen molar-refractivity contribution in [2.24, 2.45) is 5.84 Å². The normalized spacial score (nSPS) is 10.3. The molecule has 1 amide bonds. The number of carbonyl (C=O) groups excluding carboxylic acids is 1. The lowest BCUT2D eigenvalue weighted by atomic mass is 10.3. The Morgan fingerprint density at radius 1 is 1.42 bits per heavy atom. The van der Waals surface area contributed by atoms with Gasteiger partial charge in [0.2, 0.25) is 0 Å². The number of hydrogen-bond donors (Lipinski definition) is 2. The molecule has 0 saturated heterocycles. The molecule has 2 heterocycles. The third kappa shape index (κ3) is 3.40. The summed E-state index contributed by atoms with van der Waals surface area (Å²) in [5.41, 5.74) is 2.62. The Bertz CT molecular complexity index is 571. The van der Waals surface area contributed by atoms with Crippen LogP contribution in [0.25, 0.3) is 0 Å². The first-order valence-electron chi connectivity index (χ1n) is 5.40. The molecule has 2 rings (SSSR count). The molecular formula is C11H12ClN5OS. The maximum absolute atomic E-state index is 12.1. The van der Waals surface area contributed by atoms with Gasteiger partial charge in [0.15, 0.2) is 11.5 Å². The molecule has 0 aliphatic heterocycles. The number of aromatic nitrogens is 2. The van der Waals surface area contributed by atoms with Crippen molar-refractivity contribution >= 4 is 34.7 Å². The van der Waals surface area contributed by atoms with E-state index in [2.05, 4.69) is 15.6 Å². The number of rotatable bonds is 4. The maximum Gasteiger partial charge on any atom is 0.274 e. The zero-order valence-corrected chi connectivity index (χ0v) is 11.7. The number of nitrogens with one attached hydrogen (secondary N) is 1. The van der Waals surface area contributed by atoms with Crippen LogP contribution in [0.5, 0.6) is 0 Å². The van der Waals surface area contributed by atoms with E-state index in [4.69, 9.17) is 17.4 Å². The standard InChI is InChI=1S/C11H12ClN5OS/c1-17(6-7-2-4-9(12)19-7)11(18)8-3-5-10(14-13)16-15-8/h2-5H,6,13H2,1H3,(H,14,16). The molecule has 100 valence electrons. The van der Waals surface area contributed by atoms with E-state index in [1.54, 1.807) is 30.1 Å². The number of nitrogens with zero attached hydrogens (tertiary/aromatic N) is 3. The van der Waals surface area contributed by atoms with Crippen molar-refractivity contribution in [1.29, 1.82) is 0 Å². The molecule has 0 radical (unpaired) electrons. The van der Waals surface area contributed by atoms with Gasteiger partial charge in [-0.15, -0.1) is 21.5 Å². The molecule has 0 aromatic carbocycles. The Balaban J connectivity index is 2.05. The monoisotopic (exact) mass is 297 g/mol. The van der Waals surface area contributed by atoms with Gasteiger partial charge in [0.1, 0.15) is 0 Å². The lowest BCUT2D eigenvalue weighted by Crippen LogP contribution is -2.27. The van der Waals surface area contributed by atoms with Gasteiger partial charge < -0.3 is 10.3 Å². The van der Waals surface area contributed by atoms with Crippen molar-refractivity contribution < 1.29 is 4.79 Å². The lowest BCUT2D eigenvalue weighted by Gasteiger charge is -2.15. The van der Waals surface area contributed by atoms with Gasteiger partial charge in [-0.3, -0.25) is 4.79 Å². The fraction of sp³-hybridized carbons (Fsp3) is 0.182. The summed E-state index contributed by atoms with van der Waals surface area (Å²) in [6.45, 7) is 0.481. The van der Waals surface area contributed by atoms with Gasteiger partial charge in [-0.1, -0.05) is 11.6 Å². The van der Waals surface area contributed by atoms with Crippen LogP contribution in [0.3, 0.4) is 0 Å². The highest BCUT2D eigenvalue weighted by molar-refractivity contribution is 7.16. The van der Waals surface area contributed by atoms with Crippen LogP contribution in [0, 0.1) is 0 Å². The first-order valence-corrected chi connectivity index (χ1v) is 6.59. The topological polar surface area (TPSA) is 84.1 Å². The number of anilines is 1. The van der Waals surface area contributed by atoms with Gasteiger partial charge in [-0.25, -0.2) is 5.84 Å². The molecule has 0 aliphatic rings. The van der Waals surface area contributed by atoms with E-state index in [0.717, 1.165) is 4.88 Å². The van der Waals surface area contributed by atoms with E-state index in [9.17, 15) is 4.79 Å². The fourth-order valence-corrected chi connectivity index (χ4v) is 2.60. The number of halogens is 1. The number of hydrogen-bond acceptors (Lipinski definition) is 6. The highest BCUT2D eigenvalue weighted by Crippen LogP contribution is 2.22. The van der Waals surface area contributed by atoms with Crippen LogP contribution in [-0.2, 0) is 6.54 Å². The minimum absolute atomic E-state index is 0.208. The van der Waals surface area contributed by atoms with Crippen molar-refractivity contribution in [3.05, 3.63) is 39.2 Å². The Labute approximate surface area is 119 Å². The van der Waals surface area contributed by atoms with E-state index in [0.29, 0.717) is 16.7 Å². The molecule has 2 aromatic heterocycles. The molecule has 0 spiro atoms. The van der Waals surface area contributed by atoms with Crippen LogP contribution >= 0.6 is 22.9 Å². The Hall–Kier alpha value is -1.70. The molecule has 0 aliphatic carbocycles. The van der Waals surface area contributed by atoms with Crippen molar-refractivity contribution in [3.8, 4) is 0 Å². The van der Waals surface area contributed by atoms with E-state index < -0.39 is 0 Å². The molecule has 2 aromatic rings. The predicted octanol–water partition coefficient (Wildman–Crippen LogP) is 1.75. The smallest absolute Gasteiger partial charge is 0.274 e. The number of thiophene rings is 1. The van der Waals surface area contributed by atoms with Gasteiger partial charge in [-0.05, 0) is 24.3 Å². The van der Waals surface area contributed by atoms with Gasteiger partial charge in [0.05, 0.1) is 10.9 Å². The summed E-state index contributed by atoms with van der Waals surface area (Å²) in [4.78, 5) is 14.7. The second-order valence-corrected chi connectivity index (χ2v) is 5.61. The third-order valence-electron chi connectivity index (χ3n) is 2.40. The predicted molar refractivity (Wildman–Crippen MR) is 75.0 cm³/mol. The van der Waals surface area contributed by atoms with Gasteiger partial charge in [0.25, 0.3) is 5.91 Å². The molecule has 0 unspecified atom stereocenters. The molecule has 0 bridgehead atoms. The molecule has 0 saturated carbocycles. The van der Waals surface area contributed by atoms with E-state index in [1.165, 1.54) is 11.3 Å². The second kappa shape index (κ2) is 5.96. The zero-order chi connectivity index (χ0) is 13.8. The molecule has 3 N–H and O–H groups in total. The largest absolute Gasteiger partial charge is 0.335 e. The van der Waals surface area contributed by atoms with E-state index in [1.807, 2.05) is 6.07 Å². The summed E-state index contributed by atoms with van der Waals surface area (Å²) < 4.78 is 0.703. The van der Waals surface area contributed by atoms with Crippen LogP contribution in [0.2, 0.25) is 4.34 Å². The summed E-state index contributed by atoms with van der Waals surface area (Å²) in [6, 6.07) is 6.86. The van der Waals surface area contributed by atoms with Gasteiger partial charge >= 0.3 is 0 Å². The quantitative estimate of drug-likeness (QED) is 0.663. The lowest BCUT2D eigenvalue weighted by molar-refractivity contribution is 0.0779. The summed E-state index contributed by atoms with van der Waals surface area (Å²) in [7, 11) is 1.70. The Morgan fingerprint density at radius 3 is 2.74 bits per heavy atom. The van der Waals surface area contributed by atoms with Crippen LogP contribution in [0.4, 0.5) is 5.82 Å². The SMILES string of the molecule is CN(Cc1ccc(Cl)s1)C(=O)c1ccc(NN)nn1. The van der Waals surface area contributed by atoms with E-state index >= 15 is 0 Å². The van der Waals surface area contributed by atoms with Crippen LogP contribution in [0.15, 0.2) is 24.3 Å². The summed E-state index contributed by atoms with van der Waals surface area (Å²) >= 11 is 7.29. The molecule has 19 heavy (non-hydrogen) atoms. The number of nitrogens with two attached hydrogens (primary N) is 1. The third-order valence-corrected chi connectivity index (χ3v) is 3.62.